The van der Waals surface area contributed by atoms with Gasteiger partial charge in [-0.2, -0.15) is 0 Å². The highest BCUT2D eigenvalue weighted by molar-refractivity contribution is 5.82. The van der Waals surface area contributed by atoms with Crippen LogP contribution in [0.5, 0.6) is 0 Å². The number of hydrogen-bond donors (Lipinski definition) is 6. The van der Waals surface area contributed by atoms with Crippen molar-refractivity contribution in [1.82, 2.24) is 20.9 Å². The Hall–Kier alpha value is -2.73. The molecule has 16 heteroatoms. The Morgan fingerprint density at radius 2 is 1.60 bits per heavy atom. The van der Waals surface area contributed by atoms with Crippen LogP contribution in [0.4, 0.5) is 9.59 Å². The fraction of sp³-hybridized carbons (Fsp3) is 0.865. The number of amides is 3. The smallest absolute Gasteiger partial charge is 0.410 e. The van der Waals surface area contributed by atoms with Gasteiger partial charge in [-0.25, -0.2) is 9.59 Å². The highest BCUT2D eigenvalue weighted by atomic mass is 16.7. The molecule has 0 aromatic rings. The third-order valence-corrected chi connectivity index (χ3v) is 9.87. The highest BCUT2D eigenvalue weighted by Crippen LogP contribution is 2.33. The lowest BCUT2D eigenvalue weighted by molar-refractivity contribution is -0.283. The van der Waals surface area contributed by atoms with Crippen LogP contribution in [0, 0.1) is 17.8 Å². The lowest BCUT2D eigenvalue weighted by Crippen LogP contribution is -2.68. The molecule has 0 aromatic heterocycles. The van der Waals surface area contributed by atoms with Crippen LogP contribution in [0.1, 0.15) is 87.0 Å². The summed E-state index contributed by atoms with van der Waals surface area (Å²) in [4.78, 5) is 40.6. The number of likely N-dealkylation sites (tertiary alicyclic amines) is 1. The molecule has 16 nitrogen and oxygen atoms in total. The van der Waals surface area contributed by atoms with Crippen LogP contribution < -0.4 is 16.0 Å². The van der Waals surface area contributed by atoms with E-state index in [4.69, 9.17) is 28.4 Å². The molecule has 4 fully saturated rings. The minimum absolute atomic E-state index is 0.00360. The second kappa shape index (κ2) is 17.4. The maximum Gasteiger partial charge on any atom is 0.410 e. The van der Waals surface area contributed by atoms with E-state index in [-0.39, 0.29) is 25.4 Å². The maximum absolute atomic E-state index is 13.6. The van der Waals surface area contributed by atoms with Gasteiger partial charge in [-0.05, 0) is 98.1 Å². The summed E-state index contributed by atoms with van der Waals surface area (Å²) in [6, 6.07) is -1.89. The van der Waals surface area contributed by atoms with Crippen molar-refractivity contribution in [2.24, 2.45) is 17.8 Å². The van der Waals surface area contributed by atoms with Gasteiger partial charge in [0.15, 0.2) is 12.6 Å². The molecule has 6 N–H and O–H groups in total. The molecule has 3 aliphatic heterocycles. The number of rotatable bonds is 12. The Bertz CT molecular complexity index is 1290. The minimum Gasteiger partial charge on any atom is -0.468 e. The van der Waals surface area contributed by atoms with E-state index in [9.17, 15) is 29.7 Å². The van der Waals surface area contributed by atoms with Crippen LogP contribution in [-0.4, -0.2) is 137 Å². The number of aliphatic hydroxyl groups is 3. The first kappa shape index (κ1) is 41.4. The van der Waals surface area contributed by atoms with Gasteiger partial charge in [0.1, 0.15) is 47.5 Å². The molecule has 2 saturated carbocycles. The number of carbonyl (C=O) groups excluding carboxylic acids is 3. The molecule has 0 bridgehead atoms. The maximum atomic E-state index is 13.6. The zero-order chi connectivity index (χ0) is 38.7. The molecule has 1 unspecified atom stereocenters. The van der Waals surface area contributed by atoms with Crippen molar-refractivity contribution in [1.29, 1.82) is 0 Å². The Morgan fingerprint density at radius 1 is 0.943 bits per heavy atom. The summed E-state index contributed by atoms with van der Waals surface area (Å²) >= 11 is 0. The summed E-state index contributed by atoms with van der Waals surface area (Å²) in [5, 5.41) is 43.1. The van der Waals surface area contributed by atoms with Crippen LogP contribution in [0.3, 0.4) is 0 Å². The Balaban J connectivity index is 1.32. The zero-order valence-corrected chi connectivity index (χ0v) is 32.2. The van der Waals surface area contributed by atoms with Gasteiger partial charge >= 0.3 is 12.2 Å². The molecule has 2 aliphatic carbocycles. The second-order valence-corrected chi connectivity index (χ2v) is 17.4. The molecule has 3 amide bonds. The van der Waals surface area contributed by atoms with E-state index in [1.165, 1.54) is 17.7 Å². The van der Waals surface area contributed by atoms with E-state index in [0.29, 0.717) is 38.3 Å². The van der Waals surface area contributed by atoms with Gasteiger partial charge in [-0.3, -0.25) is 4.79 Å². The van der Waals surface area contributed by atoms with Crippen LogP contribution in [-0.2, 0) is 33.2 Å². The van der Waals surface area contributed by atoms with E-state index in [2.05, 4.69) is 16.0 Å². The quantitative estimate of drug-likeness (QED) is 0.169. The van der Waals surface area contributed by atoms with E-state index in [1.807, 2.05) is 13.0 Å². The molecule has 5 aliphatic rings. The van der Waals surface area contributed by atoms with Crippen molar-refractivity contribution < 1.29 is 58.1 Å². The molecule has 53 heavy (non-hydrogen) atoms. The van der Waals surface area contributed by atoms with Crippen molar-refractivity contribution >= 4 is 18.1 Å². The Kier molecular flexibility index (Phi) is 13.6. The van der Waals surface area contributed by atoms with Gasteiger partial charge < -0.3 is 64.6 Å². The molecule has 3 heterocycles. The van der Waals surface area contributed by atoms with E-state index >= 15 is 0 Å². The Morgan fingerprint density at radius 3 is 2.25 bits per heavy atom. The average molecular weight is 755 g/mol. The summed E-state index contributed by atoms with van der Waals surface area (Å²) < 4.78 is 35.7. The lowest BCUT2D eigenvalue weighted by atomic mass is 9.82. The van der Waals surface area contributed by atoms with E-state index in [1.54, 1.807) is 41.5 Å². The van der Waals surface area contributed by atoms with Crippen molar-refractivity contribution in [3.63, 3.8) is 0 Å². The van der Waals surface area contributed by atoms with Crippen molar-refractivity contribution in [2.45, 2.75) is 153 Å². The summed E-state index contributed by atoms with van der Waals surface area (Å²) in [7, 11) is 0. The van der Waals surface area contributed by atoms with Crippen LogP contribution in [0.2, 0.25) is 0 Å². The van der Waals surface area contributed by atoms with Gasteiger partial charge in [0.2, 0.25) is 5.91 Å². The molecule has 0 spiro atoms. The average Bonchev–Trinajstić information content (AvgIpc) is 3.84. The van der Waals surface area contributed by atoms with Crippen LogP contribution >= 0.6 is 0 Å². The monoisotopic (exact) mass is 754 g/mol. The first-order valence-electron chi connectivity index (χ1n) is 19.2. The number of nitrogens with zero attached hydrogens (tertiary/aromatic N) is 1. The third-order valence-electron chi connectivity index (χ3n) is 9.87. The number of ether oxygens (including phenoxy) is 6. The Labute approximate surface area is 312 Å². The normalized spacial score (nSPS) is 33.1. The van der Waals surface area contributed by atoms with E-state index in [0.717, 1.165) is 12.3 Å². The number of hydrogen-bond acceptors (Lipinski definition) is 13. The summed E-state index contributed by atoms with van der Waals surface area (Å²) in [6.07, 6.45) is -3.38. The van der Waals surface area contributed by atoms with Gasteiger partial charge in [0.25, 0.3) is 0 Å². The van der Waals surface area contributed by atoms with Gasteiger partial charge in [0.05, 0.1) is 25.2 Å². The predicted octanol–water partition coefficient (Wildman–Crippen LogP) is 1.89. The van der Waals surface area contributed by atoms with E-state index < -0.39 is 90.4 Å². The predicted molar refractivity (Wildman–Crippen MR) is 190 cm³/mol. The molecule has 0 aromatic carbocycles. The van der Waals surface area contributed by atoms with Gasteiger partial charge in [0, 0.05) is 25.4 Å². The molecule has 5 rings (SSSR count). The third kappa shape index (κ3) is 12.1. The topological polar surface area (TPSA) is 207 Å². The summed E-state index contributed by atoms with van der Waals surface area (Å²) in [5.41, 5.74) is -1.51. The fourth-order valence-corrected chi connectivity index (χ4v) is 6.98. The van der Waals surface area contributed by atoms with Crippen LogP contribution in [0.25, 0.3) is 0 Å². The second-order valence-electron chi connectivity index (χ2n) is 17.4. The summed E-state index contributed by atoms with van der Waals surface area (Å²) in [6.45, 7) is 14.4. The number of allylic oxidation sites excluding steroid dienone is 1. The first-order chi connectivity index (χ1) is 24.8. The van der Waals surface area contributed by atoms with Crippen LogP contribution in [0.15, 0.2) is 11.8 Å². The van der Waals surface area contributed by atoms with Crippen molar-refractivity contribution in [2.75, 3.05) is 32.8 Å². The minimum atomic E-state index is -1.50. The van der Waals surface area contributed by atoms with Gasteiger partial charge in [-0.1, -0.05) is 6.92 Å². The molecule has 302 valence electrons. The zero-order valence-electron chi connectivity index (χ0n) is 32.2. The largest absolute Gasteiger partial charge is 0.468 e. The van der Waals surface area contributed by atoms with Crippen molar-refractivity contribution in [3.05, 3.63) is 11.8 Å². The lowest BCUT2D eigenvalue weighted by Gasteiger charge is -2.47. The number of nitrogens with one attached hydrogen (secondary N) is 3. The first-order valence-corrected chi connectivity index (χ1v) is 19.2. The molecule has 10 atom stereocenters. The fourth-order valence-electron chi connectivity index (χ4n) is 6.98. The SMILES string of the molecule is C[C@@H]1CO[C@H](O[C@@H]2[C@@H](O)[C@H](O[C@@H]3CCC=C(CNCC4CC4)O3)[C@@H](NC(=O)OC(C)(C)C)C[C@H]2NC(=O)C(O)C2CN(C(=O)OC(C)(C)C)C2)[C@H](O)C1. The summed E-state index contributed by atoms with van der Waals surface area (Å²) in [5.74, 6) is 0.201. The number of alkyl carbamates (subject to hydrolysis) is 1. The number of aliphatic hydroxyl groups excluding tert-OH is 3. The van der Waals surface area contributed by atoms with Gasteiger partial charge in [-0.15, -0.1) is 0 Å². The van der Waals surface area contributed by atoms with Crippen molar-refractivity contribution in [3.8, 4) is 0 Å². The molecule has 0 radical (unpaired) electrons. The standard InChI is InChI=1S/C37H62N4O12/c1-20-13-26(42)33(48-19-20)51-31-24(39-32(45)28(43)22-17-41(18-22)35(47)53-37(5,6)7)14-25(40-34(46)52-36(2,3)4)30(29(31)44)50-27-10-8-9-23(49-27)16-38-15-21-11-12-21/h9,20-22,24-31,33,38,42-44H,8,10-19H2,1-7H3,(H,39,45)(H,40,46)/t20-,24+,25-,26+,27+,28?,29-,30+,31-,33+/m0/s1. The molecular weight excluding hydrogens is 692 g/mol. The molecular formula is C37H62N4O12. The highest BCUT2D eigenvalue weighted by Gasteiger charge is 2.51. The molecule has 2 saturated heterocycles. The number of carbonyl (C=O) groups is 3.